The Bertz CT molecular complexity index is 430. The molecular weight excluding hydrogens is 351 g/mol. The van der Waals surface area contributed by atoms with Gasteiger partial charge >= 0.3 is 142 Å². The van der Waals surface area contributed by atoms with Crippen LogP contribution in [0.5, 0.6) is 0 Å². The Morgan fingerprint density at radius 3 is 1.82 bits per heavy atom. The van der Waals surface area contributed by atoms with Crippen LogP contribution in [0.3, 0.4) is 0 Å². The van der Waals surface area contributed by atoms with Gasteiger partial charge in [-0.25, -0.2) is 0 Å². The molecule has 0 fully saturated rings. The van der Waals surface area contributed by atoms with Gasteiger partial charge in [-0.1, -0.05) is 0 Å². The van der Waals surface area contributed by atoms with Crippen molar-refractivity contribution in [2.24, 2.45) is 17.8 Å². The van der Waals surface area contributed by atoms with Crippen LogP contribution in [-0.4, -0.2) is 5.91 Å². The summed E-state index contributed by atoms with van der Waals surface area (Å²) in [5, 5.41) is 0. The maximum absolute atomic E-state index is 13.1. The van der Waals surface area contributed by atoms with Crippen molar-refractivity contribution in [3.8, 4) is 0 Å². The monoisotopic (exact) mass is 386 g/mol. The van der Waals surface area contributed by atoms with Gasteiger partial charge in [-0.05, 0) is 0 Å². The molecule has 0 atom stereocenters. The molecular formula is C19H35NNbO. The van der Waals surface area contributed by atoms with E-state index in [0.717, 1.165) is 6.42 Å². The molecule has 0 saturated heterocycles. The van der Waals surface area contributed by atoms with Crippen molar-refractivity contribution < 1.29 is 22.2 Å². The van der Waals surface area contributed by atoms with Gasteiger partial charge in [0.25, 0.3) is 0 Å². The molecule has 1 aliphatic carbocycles. The minimum atomic E-state index is -2.82. The molecule has 0 aromatic rings. The summed E-state index contributed by atoms with van der Waals surface area (Å²) >= 11 is -2.82. The number of rotatable bonds is 7. The van der Waals surface area contributed by atoms with Crippen LogP contribution < -0.4 is 3.72 Å². The van der Waals surface area contributed by atoms with Crippen LogP contribution in [0.2, 0.25) is 8.27 Å². The van der Waals surface area contributed by atoms with Crippen molar-refractivity contribution in [2.45, 2.75) is 70.1 Å². The topological polar surface area (TPSA) is 29.1 Å². The normalized spacial score (nSPS) is 15.6. The average molecular weight is 386 g/mol. The molecule has 0 spiro atoms. The first kappa shape index (κ1) is 19.7. The SMILES string of the molecule is CC(C)C(C(=O)[NH][Nb]([C]1=CC=CC1)([CH](C)C)[CH](C)C)C(C)C. The van der Waals surface area contributed by atoms with Gasteiger partial charge in [-0.3, -0.25) is 0 Å². The molecule has 0 saturated carbocycles. The van der Waals surface area contributed by atoms with Crippen molar-refractivity contribution in [3.05, 3.63) is 22.0 Å². The van der Waals surface area contributed by atoms with E-state index in [2.05, 4.69) is 77.3 Å². The van der Waals surface area contributed by atoms with Crippen LogP contribution in [0.25, 0.3) is 0 Å². The second-order valence-corrected chi connectivity index (χ2v) is 18.6. The maximum atomic E-state index is 13.1. The predicted molar refractivity (Wildman–Crippen MR) is 93.3 cm³/mol. The van der Waals surface area contributed by atoms with Crippen molar-refractivity contribution in [1.82, 2.24) is 3.72 Å². The zero-order valence-corrected chi connectivity index (χ0v) is 17.9. The predicted octanol–water partition coefficient (Wildman–Crippen LogP) is 5.60. The standard InChI is InChI=1S/C8H17NO.C5H5.2C3H7.Nb/c1-5(2)7(6(3)4)8(9)10;1-2-4-5-3-1;2*1-3-2;/h5-7H,1-4H3,(H2,9,10);1-3H,4H2;2*3H,1-2H3;/q;;;;+1/p-1. The van der Waals surface area contributed by atoms with E-state index in [-0.39, 0.29) is 5.92 Å². The number of allylic oxidation sites excluding steroid dienone is 4. The second kappa shape index (κ2) is 7.99. The summed E-state index contributed by atoms with van der Waals surface area (Å²) in [6, 6.07) is 0. The van der Waals surface area contributed by atoms with Gasteiger partial charge in [0, 0.05) is 0 Å². The van der Waals surface area contributed by atoms with E-state index in [4.69, 9.17) is 0 Å². The molecule has 3 heteroatoms. The molecule has 1 rings (SSSR count). The van der Waals surface area contributed by atoms with Gasteiger partial charge in [-0.15, -0.1) is 0 Å². The Balaban J connectivity index is 3.16. The minimum absolute atomic E-state index is 0.112. The molecule has 1 N–H and O–H groups in total. The molecule has 0 aliphatic heterocycles. The zero-order chi connectivity index (χ0) is 17.1. The number of carbonyl (C=O) groups excluding carboxylic acids is 1. The van der Waals surface area contributed by atoms with E-state index in [0.29, 0.717) is 26.0 Å². The molecule has 0 unspecified atom stereocenters. The summed E-state index contributed by atoms with van der Waals surface area (Å²) in [6.45, 7) is 17.9. The van der Waals surface area contributed by atoms with Crippen LogP contribution in [0.4, 0.5) is 0 Å². The van der Waals surface area contributed by atoms with Crippen LogP contribution in [0.1, 0.15) is 61.8 Å². The first-order chi connectivity index (χ1) is 10.1. The molecule has 0 radical (unpaired) electrons. The van der Waals surface area contributed by atoms with Crippen molar-refractivity contribution in [3.63, 3.8) is 0 Å². The molecule has 127 valence electrons. The Morgan fingerprint density at radius 2 is 1.50 bits per heavy atom. The molecule has 0 bridgehead atoms. The fraction of sp³-hybridized carbons (Fsp3) is 0.737. The van der Waals surface area contributed by atoms with E-state index in [1.165, 1.54) is 0 Å². The molecule has 22 heavy (non-hydrogen) atoms. The van der Waals surface area contributed by atoms with Crippen molar-refractivity contribution in [2.75, 3.05) is 0 Å². The van der Waals surface area contributed by atoms with E-state index in [1.54, 1.807) is 3.79 Å². The summed E-state index contributed by atoms with van der Waals surface area (Å²) in [7, 11) is 0. The van der Waals surface area contributed by atoms with Crippen LogP contribution >= 0.6 is 0 Å². The number of carbonyl (C=O) groups is 1. The number of amides is 1. The van der Waals surface area contributed by atoms with Gasteiger partial charge in [-0.2, -0.15) is 0 Å². The third-order valence-corrected chi connectivity index (χ3v) is 17.5. The van der Waals surface area contributed by atoms with E-state index >= 15 is 0 Å². The molecule has 1 amide bonds. The van der Waals surface area contributed by atoms with Gasteiger partial charge < -0.3 is 0 Å². The Morgan fingerprint density at radius 1 is 1.00 bits per heavy atom. The van der Waals surface area contributed by atoms with Crippen LogP contribution in [-0.2, 0) is 22.2 Å². The number of hydrogen-bond acceptors (Lipinski definition) is 1. The molecule has 2 nitrogen and oxygen atoms in total. The average Bonchev–Trinajstić information content (AvgIpc) is 2.87. The summed E-state index contributed by atoms with van der Waals surface area (Å²) in [4.78, 5) is 13.1. The van der Waals surface area contributed by atoms with Crippen LogP contribution in [0.15, 0.2) is 22.0 Å². The molecule has 1 aliphatic rings. The third kappa shape index (κ3) is 3.96. The van der Waals surface area contributed by atoms with Crippen molar-refractivity contribution >= 4 is 5.91 Å². The molecule has 0 aromatic heterocycles. The summed E-state index contributed by atoms with van der Waals surface area (Å²) in [5.74, 6) is 1.18. The van der Waals surface area contributed by atoms with E-state index < -0.39 is 17.4 Å². The first-order valence-corrected chi connectivity index (χ1v) is 13.4. The Kier molecular flexibility index (Phi) is 7.17. The van der Waals surface area contributed by atoms with Gasteiger partial charge in [0.1, 0.15) is 0 Å². The van der Waals surface area contributed by atoms with E-state index in [1.807, 2.05) is 0 Å². The molecule has 0 heterocycles. The van der Waals surface area contributed by atoms with Gasteiger partial charge in [0.15, 0.2) is 0 Å². The summed E-state index contributed by atoms with van der Waals surface area (Å²) in [6.07, 6.45) is 7.72. The van der Waals surface area contributed by atoms with Gasteiger partial charge in [0.2, 0.25) is 0 Å². The Labute approximate surface area is 141 Å². The fourth-order valence-electron chi connectivity index (χ4n) is 3.93. The Hall–Kier alpha value is -0.310. The number of nitrogens with one attached hydrogen (secondary N) is 1. The molecule has 0 aromatic carbocycles. The fourth-order valence-corrected chi connectivity index (χ4v) is 14.8. The second-order valence-electron chi connectivity index (χ2n) is 7.74. The summed E-state index contributed by atoms with van der Waals surface area (Å²) < 4.78 is 6.36. The first-order valence-electron chi connectivity index (χ1n) is 8.71. The van der Waals surface area contributed by atoms with Crippen molar-refractivity contribution in [1.29, 1.82) is 0 Å². The van der Waals surface area contributed by atoms with Crippen LogP contribution in [0, 0.1) is 17.8 Å². The number of hydrogen-bond donors (Lipinski definition) is 1. The van der Waals surface area contributed by atoms with E-state index in [9.17, 15) is 4.79 Å². The zero-order valence-electron chi connectivity index (χ0n) is 15.7. The van der Waals surface area contributed by atoms with Gasteiger partial charge in [0.05, 0.1) is 0 Å². The third-order valence-electron chi connectivity index (χ3n) is 4.89. The summed E-state index contributed by atoms with van der Waals surface area (Å²) in [5.41, 5.74) is 0. The quantitative estimate of drug-likeness (QED) is 0.567.